The minimum absolute atomic E-state index is 0.240. The van der Waals surface area contributed by atoms with E-state index in [4.69, 9.17) is 4.74 Å². The summed E-state index contributed by atoms with van der Waals surface area (Å²) in [4.78, 5) is 21.2. The van der Waals surface area contributed by atoms with Crippen molar-refractivity contribution in [3.63, 3.8) is 0 Å². The molecule has 0 saturated carbocycles. The first-order valence-electron chi connectivity index (χ1n) is 5.19. The van der Waals surface area contributed by atoms with E-state index in [1.807, 2.05) is 6.92 Å². The molecule has 0 spiro atoms. The molecule has 0 aliphatic rings. The Bertz CT molecular complexity index is 268. The summed E-state index contributed by atoms with van der Waals surface area (Å²) in [5.74, 6) is -0.446. The fourth-order valence-electron chi connectivity index (χ4n) is 1.03. The van der Waals surface area contributed by atoms with E-state index < -0.39 is 5.97 Å². The SMILES string of the molecule is C=C(C)C(CCC=O)O/C=C/C(=O)OCC. The predicted octanol–water partition coefficient (Wildman–Crippen LogP) is 2.00. The zero-order chi connectivity index (χ0) is 12.4. The van der Waals surface area contributed by atoms with Crippen molar-refractivity contribution in [2.45, 2.75) is 32.8 Å². The van der Waals surface area contributed by atoms with Crippen molar-refractivity contribution in [1.29, 1.82) is 0 Å². The largest absolute Gasteiger partial charge is 0.493 e. The van der Waals surface area contributed by atoms with Crippen LogP contribution in [0.2, 0.25) is 0 Å². The second-order valence-corrected chi connectivity index (χ2v) is 3.27. The van der Waals surface area contributed by atoms with Gasteiger partial charge >= 0.3 is 5.97 Å². The minimum atomic E-state index is -0.446. The summed E-state index contributed by atoms with van der Waals surface area (Å²) in [6, 6.07) is 0. The second-order valence-electron chi connectivity index (χ2n) is 3.27. The first-order chi connectivity index (χ1) is 7.61. The van der Waals surface area contributed by atoms with Crippen molar-refractivity contribution < 1.29 is 19.1 Å². The number of hydrogen-bond donors (Lipinski definition) is 0. The van der Waals surface area contributed by atoms with E-state index in [0.29, 0.717) is 19.4 Å². The zero-order valence-corrected chi connectivity index (χ0v) is 9.77. The summed E-state index contributed by atoms with van der Waals surface area (Å²) in [6.07, 6.45) is 4.05. The molecule has 0 aliphatic heterocycles. The van der Waals surface area contributed by atoms with Crippen LogP contribution in [0.5, 0.6) is 0 Å². The molecule has 4 heteroatoms. The van der Waals surface area contributed by atoms with E-state index in [1.165, 1.54) is 12.3 Å². The van der Waals surface area contributed by atoms with Crippen molar-refractivity contribution in [2.24, 2.45) is 0 Å². The molecule has 90 valence electrons. The number of ether oxygens (including phenoxy) is 2. The number of carbonyl (C=O) groups excluding carboxylic acids is 2. The predicted molar refractivity (Wildman–Crippen MR) is 60.8 cm³/mol. The van der Waals surface area contributed by atoms with E-state index >= 15 is 0 Å². The van der Waals surface area contributed by atoms with Crippen LogP contribution in [-0.2, 0) is 19.1 Å². The van der Waals surface area contributed by atoms with Gasteiger partial charge in [0.1, 0.15) is 12.4 Å². The van der Waals surface area contributed by atoms with Crippen molar-refractivity contribution in [1.82, 2.24) is 0 Å². The van der Waals surface area contributed by atoms with Crippen LogP contribution >= 0.6 is 0 Å². The monoisotopic (exact) mass is 226 g/mol. The van der Waals surface area contributed by atoms with Gasteiger partial charge in [-0.3, -0.25) is 0 Å². The Morgan fingerprint density at radius 2 is 2.19 bits per heavy atom. The molecule has 0 N–H and O–H groups in total. The highest BCUT2D eigenvalue weighted by Gasteiger charge is 2.08. The van der Waals surface area contributed by atoms with Crippen LogP contribution in [0.4, 0.5) is 0 Å². The lowest BCUT2D eigenvalue weighted by atomic mass is 10.1. The Morgan fingerprint density at radius 3 is 2.69 bits per heavy atom. The van der Waals surface area contributed by atoms with Gasteiger partial charge in [-0.2, -0.15) is 0 Å². The molecule has 0 amide bonds. The lowest BCUT2D eigenvalue weighted by Gasteiger charge is -2.14. The van der Waals surface area contributed by atoms with E-state index in [-0.39, 0.29) is 6.10 Å². The summed E-state index contributed by atoms with van der Waals surface area (Å²) in [6.45, 7) is 7.63. The third kappa shape index (κ3) is 6.81. The molecule has 4 nitrogen and oxygen atoms in total. The first-order valence-corrected chi connectivity index (χ1v) is 5.19. The van der Waals surface area contributed by atoms with Crippen LogP contribution < -0.4 is 0 Å². The summed E-state index contributed by atoms with van der Waals surface area (Å²) < 4.78 is 9.96. The molecular formula is C12H18O4. The molecule has 0 saturated heterocycles. The van der Waals surface area contributed by atoms with Crippen molar-refractivity contribution >= 4 is 12.3 Å². The lowest BCUT2D eigenvalue weighted by molar-refractivity contribution is -0.137. The molecule has 0 heterocycles. The van der Waals surface area contributed by atoms with Crippen molar-refractivity contribution in [2.75, 3.05) is 6.61 Å². The van der Waals surface area contributed by atoms with Crippen LogP contribution in [0.25, 0.3) is 0 Å². The topological polar surface area (TPSA) is 52.6 Å². The van der Waals surface area contributed by atoms with Gasteiger partial charge in [-0.25, -0.2) is 4.79 Å². The maximum Gasteiger partial charge on any atom is 0.333 e. The Kier molecular flexibility index (Phi) is 7.85. The Balaban J connectivity index is 4.05. The van der Waals surface area contributed by atoms with Gasteiger partial charge in [0.2, 0.25) is 0 Å². The lowest BCUT2D eigenvalue weighted by Crippen LogP contribution is -2.11. The number of hydrogen-bond acceptors (Lipinski definition) is 4. The molecule has 0 aromatic carbocycles. The van der Waals surface area contributed by atoms with E-state index in [1.54, 1.807) is 6.92 Å². The van der Waals surface area contributed by atoms with Gasteiger partial charge in [0.25, 0.3) is 0 Å². The van der Waals surface area contributed by atoms with Crippen molar-refractivity contribution in [3.05, 3.63) is 24.5 Å². The first kappa shape index (κ1) is 14.4. The Hall–Kier alpha value is -1.58. The van der Waals surface area contributed by atoms with Crippen LogP contribution in [0.1, 0.15) is 26.7 Å². The molecule has 0 rings (SSSR count). The Morgan fingerprint density at radius 1 is 1.50 bits per heavy atom. The number of esters is 1. The highest BCUT2D eigenvalue weighted by Crippen LogP contribution is 2.10. The van der Waals surface area contributed by atoms with E-state index in [0.717, 1.165) is 11.9 Å². The third-order valence-corrected chi connectivity index (χ3v) is 1.83. The third-order valence-electron chi connectivity index (χ3n) is 1.83. The van der Waals surface area contributed by atoms with Crippen LogP contribution in [0.3, 0.4) is 0 Å². The quantitative estimate of drug-likeness (QED) is 0.209. The molecule has 1 unspecified atom stereocenters. The van der Waals surface area contributed by atoms with E-state index in [9.17, 15) is 9.59 Å². The average Bonchev–Trinajstić information content (AvgIpc) is 2.23. The standard InChI is InChI=1S/C12H18O4/c1-4-15-12(14)7-9-16-11(10(2)3)6-5-8-13/h7-9,11H,2,4-6H2,1,3H3/b9-7+. The van der Waals surface area contributed by atoms with Gasteiger partial charge in [0.15, 0.2) is 0 Å². The molecule has 0 aliphatic carbocycles. The average molecular weight is 226 g/mol. The van der Waals surface area contributed by atoms with Gasteiger partial charge in [0, 0.05) is 6.42 Å². The van der Waals surface area contributed by atoms with Gasteiger partial charge in [-0.15, -0.1) is 0 Å². The molecule has 0 aromatic heterocycles. The smallest absolute Gasteiger partial charge is 0.333 e. The van der Waals surface area contributed by atoms with Crippen LogP contribution in [0.15, 0.2) is 24.5 Å². The summed E-state index contributed by atoms with van der Waals surface area (Å²) in [5.41, 5.74) is 0.815. The van der Waals surface area contributed by atoms with Gasteiger partial charge in [-0.1, -0.05) is 6.58 Å². The molecule has 0 radical (unpaired) electrons. The minimum Gasteiger partial charge on any atom is -0.493 e. The van der Waals surface area contributed by atoms with Gasteiger partial charge in [-0.05, 0) is 25.8 Å². The zero-order valence-electron chi connectivity index (χ0n) is 9.77. The fraction of sp³-hybridized carbons (Fsp3) is 0.500. The molecule has 0 bridgehead atoms. The summed E-state index contributed by atoms with van der Waals surface area (Å²) >= 11 is 0. The van der Waals surface area contributed by atoms with Crippen LogP contribution in [0, 0.1) is 0 Å². The number of aldehydes is 1. The summed E-state index contributed by atoms with van der Waals surface area (Å²) in [7, 11) is 0. The maximum absolute atomic E-state index is 10.9. The fourth-order valence-corrected chi connectivity index (χ4v) is 1.03. The number of rotatable bonds is 8. The normalized spacial score (nSPS) is 12.1. The highest BCUT2D eigenvalue weighted by molar-refractivity contribution is 5.81. The molecule has 16 heavy (non-hydrogen) atoms. The van der Waals surface area contributed by atoms with Gasteiger partial charge < -0.3 is 14.3 Å². The summed E-state index contributed by atoms with van der Waals surface area (Å²) in [5, 5.41) is 0. The molecule has 0 aromatic rings. The highest BCUT2D eigenvalue weighted by atomic mass is 16.5. The van der Waals surface area contributed by atoms with Crippen LogP contribution in [-0.4, -0.2) is 25.0 Å². The Labute approximate surface area is 95.9 Å². The number of carbonyl (C=O) groups is 2. The maximum atomic E-state index is 10.9. The van der Waals surface area contributed by atoms with Crippen molar-refractivity contribution in [3.8, 4) is 0 Å². The van der Waals surface area contributed by atoms with Gasteiger partial charge in [0.05, 0.1) is 18.9 Å². The molecule has 1 atom stereocenters. The van der Waals surface area contributed by atoms with E-state index in [2.05, 4.69) is 11.3 Å². The second kappa shape index (κ2) is 8.71. The molecule has 0 fully saturated rings. The molecular weight excluding hydrogens is 208 g/mol.